The lowest BCUT2D eigenvalue weighted by Crippen LogP contribution is -2.54. The fourth-order valence-corrected chi connectivity index (χ4v) is 4.30. The Balaban J connectivity index is 1.20. The molecule has 0 aromatic heterocycles. The molecule has 0 spiro atoms. The maximum absolute atomic E-state index is 12.8. The van der Waals surface area contributed by atoms with Crippen molar-refractivity contribution in [2.75, 3.05) is 45.9 Å². The summed E-state index contributed by atoms with van der Waals surface area (Å²) >= 11 is 5.95. The number of nitrogens with one attached hydrogen (secondary N) is 1. The smallest absolute Gasteiger partial charge is 0.242 e. The lowest BCUT2D eigenvalue weighted by atomic mass is 10.0. The van der Waals surface area contributed by atoms with Gasteiger partial charge in [-0.3, -0.25) is 19.8 Å². The number of hydrogen-bond donors (Lipinski definition) is 1. The summed E-state index contributed by atoms with van der Waals surface area (Å²) in [5.41, 5.74) is 2.38. The fraction of sp³-hybridized carbons (Fsp3) is 0.417. The van der Waals surface area contributed by atoms with E-state index in [0.717, 1.165) is 44.7 Å². The van der Waals surface area contributed by atoms with Crippen LogP contribution >= 0.6 is 11.6 Å². The SMILES string of the molecule is O=C(CN1CNC(c2ccc(Cl)cc2)CC1=O)N1CCN(CCc2ccccc2)CC1. The van der Waals surface area contributed by atoms with Gasteiger partial charge in [-0.1, -0.05) is 54.1 Å². The van der Waals surface area contributed by atoms with Gasteiger partial charge in [-0.05, 0) is 29.7 Å². The summed E-state index contributed by atoms with van der Waals surface area (Å²) in [6.07, 6.45) is 1.37. The van der Waals surface area contributed by atoms with E-state index in [-0.39, 0.29) is 24.4 Å². The van der Waals surface area contributed by atoms with Crippen LogP contribution in [0.15, 0.2) is 54.6 Å². The quantitative estimate of drug-likeness (QED) is 0.750. The van der Waals surface area contributed by atoms with Crippen LogP contribution in [0.25, 0.3) is 0 Å². The van der Waals surface area contributed by atoms with E-state index in [1.807, 2.05) is 35.2 Å². The molecule has 0 radical (unpaired) electrons. The number of rotatable bonds is 6. The van der Waals surface area contributed by atoms with Crippen molar-refractivity contribution >= 4 is 23.4 Å². The molecular weight excluding hydrogens is 412 g/mol. The Morgan fingerprint density at radius 1 is 1.00 bits per heavy atom. The van der Waals surface area contributed by atoms with E-state index in [1.165, 1.54) is 5.56 Å². The molecule has 2 saturated heterocycles. The molecule has 7 heteroatoms. The molecule has 2 aliphatic heterocycles. The van der Waals surface area contributed by atoms with Crippen molar-refractivity contribution in [1.82, 2.24) is 20.0 Å². The average Bonchev–Trinajstić information content (AvgIpc) is 2.80. The Labute approximate surface area is 188 Å². The van der Waals surface area contributed by atoms with Crippen molar-refractivity contribution in [3.05, 3.63) is 70.7 Å². The molecule has 0 saturated carbocycles. The van der Waals surface area contributed by atoms with Gasteiger partial charge < -0.3 is 9.80 Å². The maximum Gasteiger partial charge on any atom is 0.242 e. The number of amides is 2. The average molecular weight is 441 g/mol. The van der Waals surface area contributed by atoms with E-state index < -0.39 is 0 Å². The zero-order chi connectivity index (χ0) is 21.6. The minimum atomic E-state index is -0.0377. The van der Waals surface area contributed by atoms with Gasteiger partial charge in [-0.25, -0.2) is 0 Å². The highest BCUT2D eigenvalue weighted by atomic mass is 35.5. The molecule has 2 amide bonds. The van der Waals surface area contributed by atoms with Crippen molar-refractivity contribution in [2.45, 2.75) is 18.9 Å². The summed E-state index contributed by atoms with van der Waals surface area (Å²) < 4.78 is 0. The lowest BCUT2D eigenvalue weighted by molar-refractivity contribution is -0.144. The zero-order valence-electron chi connectivity index (χ0n) is 17.7. The molecule has 2 heterocycles. The third-order valence-corrected chi connectivity index (χ3v) is 6.39. The zero-order valence-corrected chi connectivity index (χ0v) is 18.4. The largest absolute Gasteiger partial charge is 0.339 e. The van der Waals surface area contributed by atoms with Crippen molar-refractivity contribution in [3.63, 3.8) is 0 Å². The van der Waals surface area contributed by atoms with Crippen LogP contribution in [0.4, 0.5) is 0 Å². The van der Waals surface area contributed by atoms with Crippen molar-refractivity contribution in [2.24, 2.45) is 0 Å². The fourth-order valence-electron chi connectivity index (χ4n) is 4.18. The Hall–Kier alpha value is -2.41. The highest BCUT2D eigenvalue weighted by Gasteiger charge is 2.29. The van der Waals surface area contributed by atoms with Crippen molar-refractivity contribution in [3.8, 4) is 0 Å². The predicted octanol–water partition coefficient (Wildman–Crippen LogP) is 2.55. The summed E-state index contributed by atoms with van der Waals surface area (Å²) in [6.45, 7) is 4.73. The predicted molar refractivity (Wildman–Crippen MR) is 122 cm³/mol. The number of nitrogens with zero attached hydrogens (tertiary/aromatic N) is 3. The summed E-state index contributed by atoms with van der Waals surface area (Å²) in [6, 6.07) is 18.0. The summed E-state index contributed by atoms with van der Waals surface area (Å²) in [7, 11) is 0. The van der Waals surface area contributed by atoms with Crippen molar-refractivity contribution < 1.29 is 9.59 Å². The van der Waals surface area contributed by atoms with Crippen LogP contribution in [0.5, 0.6) is 0 Å². The van der Waals surface area contributed by atoms with E-state index in [4.69, 9.17) is 11.6 Å². The minimum absolute atomic E-state index is 0.00791. The summed E-state index contributed by atoms with van der Waals surface area (Å²) in [5, 5.41) is 4.04. The summed E-state index contributed by atoms with van der Waals surface area (Å²) in [4.78, 5) is 31.3. The number of benzene rings is 2. The van der Waals surface area contributed by atoms with E-state index >= 15 is 0 Å². The molecule has 164 valence electrons. The monoisotopic (exact) mass is 440 g/mol. The van der Waals surface area contributed by atoms with Gasteiger partial charge >= 0.3 is 0 Å². The minimum Gasteiger partial charge on any atom is -0.339 e. The molecule has 1 N–H and O–H groups in total. The first-order valence-electron chi connectivity index (χ1n) is 10.9. The van der Waals surface area contributed by atoms with E-state index in [0.29, 0.717) is 18.1 Å². The number of hydrogen-bond acceptors (Lipinski definition) is 4. The number of halogens is 1. The molecule has 2 fully saturated rings. The van der Waals surface area contributed by atoms with Gasteiger partial charge in [0.25, 0.3) is 0 Å². The van der Waals surface area contributed by atoms with Gasteiger partial charge in [0.05, 0.1) is 6.67 Å². The second-order valence-corrected chi connectivity index (χ2v) is 8.66. The maximum atomic E-state index is 12.8. The lowest BCUT2D eigenvalue weighted by Gasteiger charge is -2.37. The number of carbonyl (C=O) groups excluding carboxylic acids is 2. The third kappa shape index (κ3) is 5.85. The Kier molecular flexibility index (Phi) is 7.22. The normalized spacial score (nSPS) is 20.2. The molecule has 4 rings (SSSR count). The number of carbonyl (C=O) groups is 2. The molecule has 2 aromatic rings. The van der Waals surface area contributed by atoms with E-state index in [9.17, 15) is 9.59 Å². The molecule has 2 aromatic carbocycles. The van der Waals surface area contributed by atoms with Gasteiger partial charge in [0.2, 0.25) is 11.8 Å². The molecule has 1 unspecified atom stereocenters. The molecule has 2 aliphatic rings. The second kappa shape index (κ2) is 10.3. The van der Waals surface area contributed by atoms with Crippen LogP contribution in [0.3, 0.4) is 0 Å². The van der Waals surface area contributed by atoms with E-state index in [1.54, 1.807) is 4.90 Å². The highest BCUT2D eigenvalue weighted by Crippen LogP contribution is 2.23. The first kappa shape index (κ1) is 21.8. The van der Waals surface area contributed by atoms with Crippen LogP contribution in [0, 0.1) is 0 Å². The Morgan fingerprint density at radius 2 is 1.71 bits per heavy atom. The molecule has 31 heavy (non-hydrogen) atoms. The molecule has 6 nitrogen and oxygen atoms in total. The number of piperazine rings is 1. The second-order valence-electron chi connectivity index (χ2n) is 8.22. The van der Waals surface area contributed by atoms with E-state index in [2.05, 4.69) is 34.5 Å². The molecular formula is C24H29ClN4O2. The Morgan fingerprint density at radius 3 is 2.39 bits per heavy atom. The first-order valence-corrected chi connectivity index (χ1v) is 11.3. The van der Waals surface area contributed by atoms with Crippen molar-refractivity contribution in [1.29, 1.82) is 0 Å². The van der Waals surface area contributed by atoms with Gasteiger partial charge in [0, 0.05) is 50.2 Å². The van der Waals surface area contributed by atoms with Crippen LogP contribution in [0.1, 0.15) is 23.6 Å². The van der Waals surface area contributed by atoms with Crippen LogP contribution in [-0.2, 0) is 16.0 Å². The molecule has 0 bridgehead atoms. The van der Waals surface area contributed by atoms with Crippen LogP contribution in [-0.4, -0.2) is 72.5 Å². The summed E-state index contributed by atoms with van der Waals surface area (Å²) in [5.74, 6) is 0.0383. The molecule has 0 aliphatic carbocycles. The van der Waals surface area contributed by atoms with Crippen LogP contribution in [0.2, 0.25) is 5.02 Å². The van der Waals surface area contributed by atoms with Gasteiger partial charge in [0.1, 0.15) is 6.54 Å². The van der Waals surface area contributed by atoms with Crippen LogP contribution < -0.4 is 5.32 Å². The third-order valence-electron chi connectivity index (χ3n) is 6.14. The van der Waals surface area contributed by atoms with Gasteiger partial charge in [0.15, 0.2) is 0 Å². The molecule has 1 atom stereocenters. The van der Waals surface area contributed by atoms with Gasteiger partial charge in [-0.2, -0.15) is 0 Å². The Bertz CT molecular complexity index is 882. The standard InChI is InChI=1S/C24H29ClN4O2/c25-21-8-6-20(7-9-21)22-16-23(30)29(18-26-22)17-24(31)28-14-12-27(13-15-28)11-10-19-4-2-1-3-5-19/h1-9,22,26H,10-18H2. The first-order chi connectivity index (χ1) is 15.1. The topological polar surface area (TPSA) is 55.9 Å². The van der Waals surface area contributed by atoms with Gasteiger partial charge in [-0.15, -0.1) is 0 Å². The highest BCUT2D eigenvalue weighted by molar-refractivity contribution is 6.30.